The third-order valence-electron chi connectivity index (χ3n) is 2.42. The minimum Gasteiger partial charge on any atom is -0.389 e. The molecule has 0 aliphatic carbocycles. The third-order valence-corrected chi connectivity index (χ3v) is 2.65. The lowest BCUT2D eigenvalue weighted by Crippen LogP contribution is -2.23. The molecule has 0 aliphatic rings. The molecule has 0 heterocycles. The summed E-state index contributed by atoms with van der Waals surface area (Å²) in [6.07, 6.45) is 3.79. The fourth-order valence-corrected chi connectivity index (χ4v) is 1.74. The zero-order valence-corrected chi connectivity index (χ0v) is 10.7. The smallest absolute Gasteiger partial charge is 0.103 e. The number of nitrogens with zero attached hydrogens (tertiary/aromatic N) is 1. The van der Waals surface area contributed by atoms with Crippen molar-refractivity contribution >= 4 is 17.2 Å². The lowest BCUT2D eigenvalue weighted by Gasteiger charge is -2.18. The molecule has 0 aromatic heterocycles. The first-order valence-electron chi connectivity index (χ1n) is 5.50. The molecule has 0 saturated heterocycles. The summed E-state index contributed by atoms with van der Waals surface area (Å²) in [7, 11) is 0. The minimum atomic E-state index is 0.436. The van der Waals surface area contributed by atoms with Crippen LogP contribution in [0.5, 0.6) is 0 Å². The van der Waals surface area contributed by atoms with Crippen LogP contribution >= 0.6 is 12.2 Å². The van der Waals surface area contributed by atoms with Gasteiger partial charge in [-0.05, 0) is 5.56 Å². The van der Waals surface area contributed by atoms with E-state index in [0.717, 1.165) is 25.2 Å². The first kappa shape index (κ1) is 13.6. The van der Waals surface area contributed by atoms with E-state index in [9.17, 15) is 0 Å². The number of rotatable bonds is 7. The molecule has 0 atom stereocenters. The monoisotopic (exact) mass is 246 g/mol. The second kappa shape index (κ2) is 6.99. The van der Waals surface area contributed by atoms with E-state index in [-0.39, 0.29) is 0 Å². The van der Waals surface area contributed by atoms with Gasteiger partial charge in [-0.1, -0.05) is 48.6 Å². The highest BCUT2D eigenvalue weighted by Crippen LogP contribution is 2.07. The maximum atomic E-state index is 5.55. The number of nitrogens with two attached hydrogens (primary N) is 1. The summed E-state index contributed by atoms with van der Waals surface area (Å²) in [5.41, 5.74) is 7.69. The summed E-state index contributed by atoms with van der Waals surface area (Å²) < 4.78 is 0. The molecule has 0 fully saturated rings. The number of benzene rings is 1. The summed E-state index contributed by atoms with van der Waals surface area (Å²) >= 11 is 4.92. The first-order valence-corrected chi connectivity index (χ1v) is 5.91. The van der Waals surface area contributed by atoms with Crippen molar-refractivity contribution in [2.24, 2.45) is 5.73 Å². The van der Waals surface area contributed by atoms with Crippen LogP contribution in [0.25, 0.3) is 0 Å². The number of thiocarbonyl (C=S) groups is 1. The molecule has 0 radical (unpaired) electrons. The molecule has 0 unspecified atom stereocenters. The molecule has 3 heteroatoms. The Morgan fingerprint density at radius 3 is 2.12 bits per heavy atom. The molecule has 2 nitrogen and oxygen atoms in total. The molecule has 0 saturated carbocycles. The van der Waals surface area contributed by atoms with Crippen molar-refractivity contribution in [3.05, 3.63) is 60.7 Å². The lowest BCUT2D eigenvalue weighted by molar-refractivity contribution is 0.328. The van der Waals surface area contributed by atoms with Gasteiger partial charge in [-0.15, -0.1) is 13.2 Å². The largest absolute Gasteiger partial charge is 0.389 e. The van der Waals surface area contributed by atoms with Crippen LogP contribution in [-0.4, -0.2) is 23.0 Å². The average molecular weight is 246 g/mol. The first-order chi connectivity index (χ1) is 8.17. The van der Waals surface area contributed by atoms with Crippen LogP contribution in [0.15, 0.2) is 49.6 Å². The van der Waals surface area contributed by atoms with E-state index >= 15 is 0 Å². The van der Waals surface area contributed by atoms with Crippen molar-refractivity contribution in [3.8, 4) is 0 Å². The van der Waals surface area contributed by atoms with Crippen molar-refractivity contribution in [1.29, 1.82) is 0 Å². The van der Waals surface area contributed by atoms with Gasteiger partial charge in [-0.3, -0.25) is 4.90 Å². The van der Waals surface area contributed by atoms with Crippen LogP contribution in [0.3, 0.4) is 0 Å². The molecule has 1 aromatic rings. The Morgan fingerprint density at radius 2 is 1.71 bits per heavy atom. The van der Waals surface area contributed by atoms with Gasteiger partial charge in [0.05, 0.1) is 0 Å². The molecule has 17 heavy (non-hydrogen) atoms. The van der Waals surface area contributed by atoms with Gasteiger partial charge in [0.25, 0.3) is 0 Å². The van der Waals surface area contributed by atoms with Crippen molar-refractivity contribution in [1.82, 2.24) is 4.90 Å². The highest BCUT2D eigenvalue weighted by Gasteiger charge is 2.03. The zero-order valence-electron chi connectivity index (χ0n) is 9.93. The quantitative estimate of drug-likeness (QED) is 0.592. The zero-order chi connectivity index (χ0) is 12.7. The molecule has 0 amide bonds. The molecule has 1 rings (SSSR count). The van der Waals surface area contributed by atoms with Crippen LogP contribution in [0.4, 0.5) is 0 Å². The highest BCUT2D eigenvalue weighted by molar-refractivity contribution is 7.80. The molecule has 1 aromatic carbocycles. The molecular formula is C14H18N2S. The Hall–Kier alpha value is -1.45. The Labute approximate surface area is 108 Å². The highest BCUT2D eigenvalue weighted by atomic mass is 32.1. The van der Waals surface area contributed by atoms with Crippen molar-refractivity contribution in [3.63, 3.8) is 0 Å². The SMILES string of the molecule is C=CCN(CC=C)Cc1ccc(C(N)=S)cc1. The average Bonchev–Trinajstić information content (AvgIpc) is 2.30. The van der Waals surface area contributed by atoms with Crippen LogP contribution in [0.2, 0.25) is 0 Å². The van der Waals surface area contributed by atoms with Gasteiger partial charge in [-0.25, -0.2) is 0 Å². The van der Waals surface area contributed by atoms with Gasteiger partial charge < -0.3 is 5.73 Å². The van der Waals surface area contributed by atoms with Gasteiger partial charge in [0.15, 0.2) is 0 Å². The Balaban J connectivity index is 2.68. The molecule has 0 aliphatic heterocycles. The fourth-order valence-electron chi connectivity index (χ4n) is 1.60. The van der Waals surface area contributed by atoms with E-state index in [2.05, 4.69) is 18.1 Å². The van der Waals surface area contributed by atoms with E-state index in [1.807, 2.05) is 36.4 Å². The van der Waals surface area contributed by atoms with Gasteiger partial charge in [0, 0.05) is 25.2 Å². The summed E-state index contributed by atoms with van der Waals surface area (Å²) in [5, 5.41) is 0. The van der Waals surface area contributed by atoms with Gasteiger partial charge in [-0.2, -0.15) is 0 Å². The normalized spacial score (nSPS) is 10.2. The van der Waals surface area contributed by atoms with Crippen molar-refractivity contribution in [2.45, 2.75) is 6.54 Å². The van der Waals surface area contributed by atoms with Crippen LogP contribution in [-0.2, 0) is 6.54 Å². The van der Waals surface area contributed by atoms with E-state index in [1.54, 1.807) is 0 Å². The second-order valence-electron chi connectivity index (χ2n) is 3.83. The predicted octanol–water partition coefficient (Wildman–Crippen LogP) is 2.49. The predicted molar refractivity (Wildman–Crippen MR) is 78.0 cm³/mol. The Kier molecular flexibility index (Phi) is 5.60. The lowest BCUT2D eigenvalue weighted by atomic mass is 10.1. The van der Waals surface area contributed by atoms with E-state index in [1.165, 1.54) is 5.56 Å². The summed E-state index contributed by atoms with van der Waals surface area (Å²) in [6, 6.07) is 8.01. The van der Waals surface area contributed by atoms with Crippen LogP contribution in [0.1, 0.15) is 11.1 Å². The summed E-state index contributed by atoms with van der Waals surface area (Å²) in [4.78, 5) is 2.68. The van der Waals surface area contributed by atoms with Gasteiger partial charge in [0.2, 0.25) is 0 Å². The van der Waals surface area contributed by atoms with E-state index in [0.29, 0.717) is 4.99 Å². The molecular weight excluding hydrogens is 228 g/mol. The number of hydrogen-bond donors (Lipinski definition) is 1. The van der Waals surface area contributed by atoms with Gasteiger partial charge >= 0.3 is 0 Å². The van der Waals surface area contributed by atoms with Crippen molar-refractivity contribution < 1.29 is 0 Å². The molecule has 0 spiro atoms. The second-order valence-corrected chi connectivity index (χ2v) is 4.27. The van der Waals surface area contributed by atoms with Crippen molar-refractivity contribution in [2.75, 3.05) is 13.1 Å². The Morgan fingerprint density at radius 1 is 1.18 bits per heavy atom. The van der Waals surface area contributed by atoms with Gasteiger partial charge in [0.1, 0.15) is 4.99 Å². The molecule has 2 N–H and O–H groups in total. The van der Waals surface area contributed by atoms with E-state index in [4.69, 9.17) is 18.0 Å². The topological polar surface area (TPSA) is 29.3 Å². The van der Waals surface area contributed by atoms with E-state index < -0.39 is 0 Å². The van der Waals surface area contributed by atoms with Crippen LogP contribution in [0, 0.1) is 0 Å². The number of hydrogen-bond acceptors (Lipinski definition) is 2. The minimum absolute atomic E-state index is 0.436. The molecule has 0 bridgehead atoms. The summed E-state index contributed by atoms with van der Waals surface area (Å²) in [5.74, 6) is 0. The standard InChI is InChI=1S/C14H18N2S/c1-3-9-16(10-4-2)11-12-5-7-13(8-6-12)14(15)17/h3-8H,1-2,9-11H2,(H2,15,17). The maximum Gasteiger partial charge on any atom is 0.103 e. The third kappa shape index (κ3) is 4.51. The summed E-state index contributed by atoms with van der Waals surface area (Å²) in [6.45, 7) is 10.1. The maximum absolute atomic E-state index is 5.55. The molecule has 90 valence electrons. The van der Waals surface area contributed by atoms with Crippen LogP contribution < -0.4 is 5.73 Å². The fraction of sp³-hybridized carbons (Fsp3) is 0.214. The Bertz CT molecular complexity index is 385.